The van der Waals surface area contributed by atoms with Crippen LogP contribution in [0.3, 0.4) is 0 Å². The Morgan fingerprint density at radius 3 is 2.25 bits per heavy atom. The molecule has 0 aliphatic rings. The highest BCUT2D eigenvalue weighted by molar-refractivity contribution is 7.99. The number of amides is 1. The van der Waals surface area contributed by atoms with Crippen molar-refractivity contribution in [2.75, 3.05) is 11.5 Å². The Balaban J connectivity index is 2.80. The number of benzene rings is 1. The number of nitrogens with one attached hydrogen (secondary N) is 1. The molecule has 0 atom stereocenters. The van der Waals surface area contributed by atoms with Gasteiger partial charge in [-0.2, -0.15) is 11.8 Å². The molecule has 0 unspecified atom stereocenters. The molecule has 110 valence electrons. The molecule has 1 N–H and O–H groups in total. The van der Waals surface area contributed by atoms with Crippen molar-refractivity contribution in [2.24, 2.45) is 0 Å². The second kappa shape index (κ2) is 7.34. The van der Waals surface area contributed by atoms with E-state index in [1.165, 1.54) is 23.9 Å². The number of carbonyl (C=O) groups excluding carboxylic acids is 2. The van der Waals surface area contributed by atoms with Crippen LogP contribution in [0.2, 0.25) is 10.0 Å². The van der Waals surface area contributed by atoms with E-state index >= 15 is 0 Å². The Labute approximate surface area is 133 Å². The van der Waals surface area contributed by atoms with Crippen LogP contribution in [0.4, 0.5) is 0 Å². The van der Waals surface area contributed by atoms with Crippen LogP contribution in [0.1, 0.15) is 31.1 Å². The number of rotatable bonds is 6. The van der Waals surface area contributed by atoms with Crippen LogP contribution in [0, 0.1) is 0 Å². The maximum absolute atomic E-state index is 12.2. The van der Waals surface area contributed by atoms with Gasteiger partial charge in [-0.05, 0) is 37.8 Å². The number of hydrogen-bond acceptors (Lipinski definition) is 3. The van der Waals surface area contributed by atoms with Crippen LogP contribution in [0.5, 0.6) is 0 Å². The van der Waals surface area contributed by atoms with Crippen LogP contribution >= 0.6 is 35.0 Å². The fourth-order valence-electron chi connectivity index (χ4n) is 1.49. The third-order valence-electron chi connectivity index (χ3n) is 2.69. The summed E-state index contributed by atoms with van der Waals surface area (Å²) in [4.78, 5) is 24.2. The van der Waals surface area contributed by atoms with E-state index in [4.69, 9.17) is 23.2 Å². The zero-order chi connectivity index (χ0) is 15.3. The molecule has 1 amide bonds. The molecule has 6 heteroatoms. The Kier molecular flexibility index (Phi) is 6.37. The summed E-state index contributed by atoms with van der Waals surface area (Å²) in [5, 5.41) is 3.48. The molecule has 0 aliphatic heterocycles. The summed E-state index contributed by atoms with van der Waals surface area (Å²) < 4.78 is 0. The fourth-order valence-corrected chi connectivity index (χ4v) is 2.76. The highest BCUT2D eigenvalue weighted by atomic mass is 35.5. The molecule has 0 radical (unpaired) electrons. The van der Waals surface area contributed by atoms with Gasteiger partial charge in [0, 0.05) is 15.6 Å². The van der Waals surface area contributed by atoms with Crippen molar-refractivity contribution in [2.45, 2.75) is 26.3 Å². The zero-order valence-electron chi connectivity index (χ0n) is 11.6. The van der Waals surface area contributed by atoms with Crippen molar-refractivity contribution in [3.63, 3.8) is 0 Å². The molecule has 0 aliphatic carbocycles. The number of carbonyl (C=O) groups is 2. The van der Waals surface area contributed by atoms with Crippen molar-refractivity contribution in [3.8, 4) is 0 Å². The van der Waals surface area contributed by atoms with E-state index < -0.39 is 5.54 Å². The van der Waals surface area contributed by atoms with Gasteiger partial charge in [0.05, 0.1) is 11.3 Å². The minimum atomic E-state index is -0.923. The summed E-state index contributed by atoms with van der Waals surface area (Å²) in [7, 11) is 0. The van der Waals surface area contributed by atoms with Gasteiger partial charge in [-0.1, -0.05) is 30.1 Å². The first-order valence-corrected chi connectivity index (χ1v) is 8.07. The molecule has 0 spiro atoms. The lowest BCUT2D eigenvalue weighted by Crippen LogP contribution is -2.50. The molecule has 0 fully saturated rings. The van der Waals surface area contributed by atoms with Gasteiger partial charge in [0.2, 0.25) is 0 Å². The summed E-state index contributed by atoms with van der Waals surface area (Å²) in [5.41, 5.74) is -0.583. The topological polar surface area (TPSA) is 46.2 Å². The lowest BCUT2D eigenvalue weighted by atomic mass is 9.99. The van der Waals surface area contributed by atoms with E-state index in [1.807, 2.05) is 6.92 Å². The van der Waals surface area contributed by atoms with Gasteiger partial charge >= 0.3 is 0 Å². The molecule has 20 heavy (non-hydrogen) atoms. The van der Waals surface area contributed by atoms with Gasteiger partial charge in [0.1, 0.15) is 0 Å². The molecular formula is C14H17Cl2NO2S. The third kappa shape index (κ3) is 5.00. The van der Waals surface area contributed by atoms with E-state index in [0.717, 1.165) is 5.75 Å². The maximum atomic E-state index is 12.2. The Hall–Kier alpha value is -0.710. The number of hydrogen-bond donors (Lipinski definition) is 1. The summed E-state index contributed by atoms with van der Waals surface area (Å²) in [5.74, 6) is 0.847. The van der Waals surface area contributed by atoms with Gasteiger partial charge in [0.25, 0.3) is 5.91 Å². The first-order valence-electron chi connectivity index (χ1n) is 6.16. The molecule has 0 bridgehead atoms. The molecule has 0 saturated carbocycles. The standard InChI is InChI=1S/C14H17Cl2NO2S/c1-4-20-8-12(18)14(2,3)17-13(19)9-5-10(15)7-11(16)6-9/h5-7H,4,8H2,1-3H3,(H,17,19). The third-order valence-corrected chi connectivity index (χ3v) is 4.00. The molecular weight excluding hydrogens is 317 g/mol. The molecule has 0 saturated heterocycles. The lowest BCUT2D eigenvalue weighted by molar-refractivity contribution is -0.121. The molecule has 3 nitrogen and oxygen atoms in total. The van der Waals surface area contributed by atoms with Gasteiger partial charge in [0.15, 0.2) is 5.78 Å². The van der Waals surface area contributed by atoms with Crippen LogP contribution in [-0.4, -0.2) is 28.7 Å². The first kappa shape index (κ1) is 17.3. The molecule has 1 aromatic carbocycles. The SMILES string of the molecule is CCSCC(=O)C(C)(C)NC(=O)c1cc(Cl)cc(Cl)c1. The van der Waals surface area contributed by atoms with Gasteiger partial charge < -0.3 is 5.32 Å². The van der Waals surface area contributed by atoms with Crippen LogP contribution in [0.25, 0.3) is 0 Å². The summed E-state index contributed by atoms with van der Waals surface area (Å²) in [6.07, 6.45) is 0. The van der Waals surface area contributed by atoms with Gasteiger partial charge in [-0.15, -0.1) is 0 Å². The monoisotopic (exact) mass is 333 g/mol. The van der Waals surface area contributed by atoms with Gasteiger partial charge in [-0.25, -0.2) is 0 Å². The average Bonchev–Trinajstić information content (AvgIpc) is 2.34. The second-order valence-electron chi connectivity index (χ2n) is 4.80. The summed E-state index contributed by atoms with van der Waals surface area (Å²) >= 11 is 13.3. The minimum absolute atomic E-state index is 0.0224. The maximum Gasteiger partial charge on any atom is 0.252 e. The Bertz CT molecular complexity index is 498. The van der Waals surface area contributed by atoms with E-state index in [2.05, 4.69) is 5.32 Å². The minimum Gasteiger partial charge on any atom is -0.340 e. The fraction of sp³-hybridized carbons (Fsp3) is 0.429. The molecule has 1 rings (SSSR count). The van der Waals surface area contributed by atoms with Crippen LogP contribution in [-0.2, 0) is 4.79 Å². The quantitative estimate of drug-likeness (QED) is 0.860. The van der Waals surface area contributed by atoms with Crippen LogP contribution < -0.4 is 5.32 Å². The lowest BCUT2D eigenvalue weighted by Gasteiger charge is -2.24. The average molecular weight is 334 g/mol. The van der Waals surface area contributed by atoms with Crippen molar-refractivity contribution in [1.29, 1.82) is 0 Å². The first-order chi connectivity index (χ1) is 9.26. The van der Waals surface area contributed by atoms with Crippen molar-refractivity contribution < 1.29 is 9.59 Å². The van der Waals surface area contributed by atoms with Crippen LogP contribution in [0.15, 0.2) is 18.2 Å². The normalized spacial score (nSPS) is 11.2. The van der Waals surface area contributed by atoms with E-state index in [9.17, 15) is 9.59 Å². The Morgan fingerprint density at radius 2 is 1.75 bits per heavy atom. The predicted octanol–water partition coefficient (Wildman–Crippen LogP) is 3.82. The van der Waals surface area contributed by atoms with E-state index in [-0.39, 0.29) is 11.7 Å². The predicted molar refractivity (Wildman–Crippen MR) is 86.0 cm³/mol. The van der Waals surface area contributed by atoms with Crippen molar-refractivity contribution in [1.82, 2.24) is 5.32 Å². The highest BCUT2D eigenvalue weighted by Crippen LogP contribution is 2.20. The number of Topliss-reactive ketones (excluding diaryl/α,β-unsaturated/α-hetero) is 1. The molecule has 0 aromatic heterocycles. The number of halogens is 2. The molecule has 0 heterocycles. The smallest absolute Gasteiger partial charge is 0.252 e. The highest BCUT2D eigenvalue weighted by Gasteiger charge is 2.29. The van der Waals surface area contributed by atoms with Crippen molar-refractivity contribution >= 4 is 46.7 Å². The largest absolute Gasteiger partial charge is 0.340 e. The summed E-state index contributed by atoms with van der Waals surface area (Å²) in [6.45, 7) is 5.36. The van der Waals surface area contributed by atoms with Crippen molar-refractivity contribution in [3.05, 3.63) is 33.8 Å². The Morgan fingerprint density at radius 1 is 1.20 bits per heavy atom. The van der Waals surface area contributed by atoms with Gasteiger partial charge in [-0.3, -0.25) is 9.59 Å². The zero-order valence-corrected chi connectivity index (χ0v) is 14.0. The van der Waals surface area contributed by atoms with E-state index in [1.54, 1.807) is 19.9 Å². The number of ketones is 1. The second-order valence-corrected chi connectivity index (χ2v) is 6.94. The molecule has 1 aromatic rings. The van der Waals surface area contributed by atoms with E-state index in [0.29, 0.717) is 21.4 Å². The summed E-state index contributed by atoms with van der Waals surface area (Å²) in [6, 6.07) is 4.59. The number of thioether (sulfide) groups is 1.